The maximum absolute atomic E-state index is 5.86. The number of unbranched alkanes of at least 4 members (excludes halogenated alkanes) is 1. The fourth-order valence-electron chi connectivity index (χ4n) is 1.42. The summed E-state index contributed by atoms with van der Waals surface area (Å²) in [4.78, 5) is 0. The first-order valence-corrected chi connectivity index (χ1v) is 4.59. The Labute approximate surface area is 87.8 Å². The average molecular weight is 197 g/mol. The number of anilines is 1. The van der Waals surface area contributed by atoms with Crippen molar-refractivity contribution < 1.29 is 0 Å². The van der Waals surface area contributed by atoms with Crippen LogP contribution in [0.1, 0.15) is 30.9 Å². The molecule has 13 heavy (non-hydrogen) atoms. The van der Waals surface area contributed by atoms with Crippen molar-refractivity contribution in [2.24, 2.45) is 0 Å². The molecule has 74 valence electrons. The number of benzene rings is 1. The molecular weight excluding hydrogens is 178 g/mol. The van der Waals surface area contributed by atoms with Crippen molar-refractivity contribution in [3.8, 4) is 0 Å². The van der Waals surface area contributed by atoms with E-state index in [-0.39, 0.29) is 13.5 Å². The van der Waals surface area contributed by atoms with Crippen LogP contribution in [0, 0.1) is 6.92 Å². The third-order valence-corrected chi connectivity index (χ3v) is 2.23. The highest BCUT2D eigenvalue weighted by molar-refractivity contribution is 7.59. The highest BCUT2D eigenvalue weighted by Crippen LogP contribution is 2.18. The van der Waals surface area contributed by atoms with Crippen molar-refractivity contribution >= 4 is 19.2 Å². The Morgan fingerprint density at radius 3 is 2.54 bits per heavy atom. The lowest BCUT2D eigenvalue weighted by Crippen LogP contribution is -1.96. The molecule has 2 N–H and O–H groups in total. The molecule has 0 atom stereocenters. The molecule has 0 aromatic heterocycles. The molecule has 0 bridgehead atoms. The molecule has 0 unspecified atom stereocenters. The van der Waals surface area contributed by atoms with Crippen molar-refractivity contribution in [3.05, 3.63) is 29.3 Å². The van der Waals surface area contributed by atoms with Gasteiger partial charge in [-0.15, -0.1) is 0 Å². The lowest BCUT2D eigenvalue weighted by molar-refractivity contribution is 0.793. The van der Waals surface area contributed by atoms with Crippen LogP contribution in [0.15, 0.2) is 18.2 Å². The van der Waals surface area contributed by atoms with E-state index in [0.717, 1.165) is 12.1 Å². The zero-order valence-corrected chi connectivity index (χ0v) is 9.43. The molecule has 1 aromatic carbocycles. The number of hydrogen-bond acceptors (Lipinski definition) is 1. The quantitative estimate of drug-likeness (QED) is 0.741. The molecule has 0 fully saturated rings. The summed E-state index contributed by atoms with van der Waals surface area (Å²) >= 11 is 0. The predicted molar refractivity (Wildman–Crippen MR) is 64.6 cm³/mol. The van der Waals surface area contributed by atoms with Crippen molar-refractivity contribution in [3.63, 3.8) is 0 Å². The van der Waals surface area contributed by atoms with Crippen LogP contribution in [-0.2, 0) is 6.42 Å². The van der Waals surface area contributed by atoms with E-state index in [0.29, 0.717) is 0 Å². The highest BCUT2D eigenvalue weighted by atomic mass is 32.1. The fraction of sp³-hybridized carbons (Fsp3) is 0.455. The zero-order valence-electron chi connectivity index (χ0n) is 8.43. The summed E-state index contributed by atoms with van der Waals surface area (Å²) in [5, 5.41) is 0. The molecule has 0 aliphatic rings. The Hall–Kier alpha value is -0.630. The van der Waals surface area contributed by atoms with Crippen molar-refractivity contribution in [1.29, 1.82) is 0 Å². The third-order valence-electron chi connectivity index (χ3n) is 2.23. The molecule has 2 heteroatoms. The SMILES string of the molecule is CCCCc1c(C)cccc1N.S. The van der Waals surface area contributed by atoms with Crippen LogP contribution in [-0.4, -0.2) is 0 Å². The number of nitrogen functional groups attached to an aromatic ring is 1. The van der Waals surface area contributed by atoms with Crippen LogP contribution in [0.25, 0.3) is 0 Å². The van der Waals surface area contributed by atoms with Gasteiger partial charge in [-0.05, 0) is 37.0 Å². The molecule has 1 rings (SSSR count). The molecule has 0 saturated carbocycles. The van der Waals surface area contributed by atoms with Crippen LogP contribution >= 0.6 is 13.5 Å². The third kappa shape index (κ3) is 3.31. The van der Waals surface area contributed by atoms with Crippen molar-refractivity contribution in [2.75, 3.05) is 5.73 Å². The van der Waals surface area contributed by atoms with Gasteiger partial charge in [0.1, 0.15) is 0 Å². The Morgan fingerprint density at radius 2 is 2.00 bits per heavy atom. The van der Waals surface area contributed by atoms with Crippen molar-refractivity contribution in [2.45, 2.75) is 33.1 Å². The smallest absolute Gasteiger partial charge is 0.0349 e. The van der Waals surface area contributed by atoms with Gasteiger partial charge < -0.3 is 5.73 Å². The molecule has 0 amide bonds. The van der Waals surface area contributed by atoms with Gasteiger partial charge in [0.25, 0.3) is 0 Å². The van der Waals surface area contributed by atoms with E-state index in [1.165, 1.54) is 24.0 Å². The molecule has 0 spiro atoms. The maximum atomic E-state index is 5.86. The summed E-state index contributed by atoms with van der Waals surface area (Å²) in [6.07, 6.45) is 3.58. The van der Waals surface area contributed by atoms with E-state index in [9.17, 15) is 0 Å². The minimum Gasteiger partial charge on any atom is -0.398 e. The topological polar surface area (TPSA) is 26.0 Å². The monoisotopic (exact) mass is 197 g/mol. The van der Waals surface area contributed by atoms with E-state index in [4.69, 9.17) is 5.73 Å². The molecule has 1 aromatic rings. The van der Waals surface area contributed by atoms with Gasteiger partial charge >= 0.3 is 0 Å². The summed E-state index contributed by atoms with van der Waals surface area (Å²) in [5.41, 5.74) is 9.47. The second-order valence-electron chi connectivity index (χ2n) is 3.25. The average Bonchev–Trinajstić information content (AvgIpc) is 2.04. The standard InChI is InChI=1S/C11H17N.H2S/c1-3-4-7-10-9(2)6-5-8-11(10)12;/h5-6,8H,3-4,7,12H2,1-2H3;1H2. The van der Waals surface area contributed by atoms with Gasteiger partial charge in [-0.1, -0.05) is 25.5 Å². The van der Waals surface area contributed by atoms with Crippen LogP contribution in [0.4, 0.5) is 5.69 Å². The van der Waals surface area contributed by atoms with E-state index >= 15 is 0 Å². The minimum absolute atomic E-state index is 0. The Kier molecular flexibility index (Phi) is 5.63. The summed E-state index contributed by atoms with van der Waals surface area (Å²) in [6, 6.07) is 6.12. The first-order chi connectivity index (χ1) is 5.75. The Balaban J connectivity index is 0.00000144. The molecule has 0 saturated heterocycles. The molecule has 0 radical (unpaired) electrons. The largest absolute Gasteiger partial charge is 0.398 e. The first-order valence-electron chi connectivity index (χ1n) is 4.59. The van der Waals surface area contributed by atoms with E-state index < -0.39 is 0 Å². The van der Waals surface area contributed by atoms with Gasteiger partial charge in [0.05, 0.1) is 0 Å². The second-order valence-corrected chi connectivity index (χ2v) is 3.25. The number of rotatable bonds is 3. The molecule has 0 aliphatic carbocycles. The highest BCUT2D eigenvalue weighted by Gasteiger charge is 2.00. The first kappa shape index (κ1) is 12.4. The zero-order chi connectivity index (χ0) is 8.97. The van der Waals surface area contributed by atoms with Gasteiger partial charge in [0.2, 0.25) is 0 Å². The van der Waals surface area contributed by atoms with Gasteiger partial charge in [0, 0.05) is 5.69 Å². The van der Waals surface area contributed by atoms with E-state index in [1.54, 1.807) is 0 Å². The van der Waals surface area contributed by atoms with Crippen LogP contribution < -0.4 is 5.73 Å². The maximum Gasteiger partial charge on any atom is 0.0349 e. The summed E-state index contributed by atoms with van der Waals surface area (Å²) < 4.78 is 0. The molecule has 0 aliphatic heterocycles. The van der Waals surface area contributed by atoms with Gasteiger partial charge in [0.15, 0.2) is 0 Å². The van der Waals surface area contributed by atoms with E-state index in [2.05, 4.69) is 19.9 Å². The Bertz CT molecular complexity index is 238. The van der Waals surface area contributed by atoms with E-state index in [1.807, 2.05) is 12.1 Å². The fourth-order valence-corrected chi connectivity index (χ4v) is 1.42. The van der Waals surface area contributed by atoms with Crippen molar-refractivity contribution in [1.82, 2.24) is 0 Å². The molecule has 0 heterocycles. The van der Waals surface area contributed by atoms with Crippen LogP contribution in [0.3, 0.4) is 0 Å². The number of hydrogen-bond donors (Lipinski definition) is 1. The Morgan fingerprint density at radius 1 is 1.31 bits per heavy atom. The van der Waals surface area contributed by atoms with Gasteiger partial charge in [-0.25, -0.2) is 0 Å². The lowest BCUT2D eigenvalue weighted by Gasteiger charge is -2.07. The number of nitrogens with two attached hydrogens (primary N) is 1. The summed E-state index contributed by atoms with van der Waals surface area (Å²) in [6.45, 7) is 4.33. The van der Waals surface area contributed by atoms with Gasteiger partial charge in [-0.2, -0.15) is 13.5 Å². The summed E-state index contributed by atoms with van der Waals surface area (Å²) in [7, 11) is 0. The minimum atomic E-state index is 0. The second kappa shape index (κ2) is 5.92. The van der Waals surface area contributed by atoms with Crippen LogP contribution in [0.5, 0.6) is 0 Å². The van der Waals surface area contributed by atoms with Gasteiger partial charge in [-0.3, -0.25) is 0 Å². The lowest BCUT2D eigenvalue weighted by atomic mass is 10.0. The number of aryl methyl sites for hydroxylation is 1. The predicted octanol–water partition coefficient (Wildman–Crippen LogP) is 3.03. The summed E-state index contributed by atoms with van der Waals surface area (Å²) in [5.74, 6) is 0. The normalized spacial score (nSPS) is 9.38. The van der Waals surface area contributed by atoms with Crippen LogP contribution in [0.2, 0.25) is 0 Å². The molecule has 1 nitrogen and oxygen atoms in total. The molecular formula is C11H19NS.